The molecule has 0 aliphatic carbocycles. The van der Waals surface area contributed by atoms with Crippen molar-refractivity contribution in [2.75, 3.05) is 0 Å². The topological polar surface area (TPSA) is 33.0 Å². The van der Waals surface area contributed by atoms with Crippen molar-refractivity contribution in [1.29, 1.82) is 5.26 Å². The Morgan fingerprint density at radius 3 is 2.80 bits per heavy atom. The highest BCUT2D eigenvalue weighted by Crippen LogP contribution is 2.28. The summed E-state index contributed by atoms with van der Waals surface area (Å²) in [7, 11) is 0. The van der Waals surface area contributed by atoms with Gasteiger partial charge < -0.3 is 4.74 Å². The summed E-state index contributed by atoms with van der Waals surface area (Å²) in [5.74, 6) is -0.343. The molecule has 0 fully saturated rings. The molecule has 0 bridgehead atoms. The first-order chi connectivity index (χ1) is 7.10. The molecule has 1 atom stereocenters. The van der Waals surface area contributed by atoms with Gasteiger partial charge in [0, 0.05) is 0 Å². The van der Waals surface area contributed by atoms with Crippen LogP contribution in [0, 0.1) is 17.1 Å². The molecule has 15 heavy (non-hydrogen) atoms. The Labute approximate surface area is 96.8 Å². The Morgan fingerprint density at radius 1 is 1.60 bits per heavy atom. The van der Waals surface area contributed by atoms with E-state index in [1.54, 1.807) is 0 Å². The van der Waals surface area contributed by atoms with E-state index in [0.29, 0.717) is 0 Å². The standard InChI is InChI=1S/C11H11BrFNO/c1-3-7(2)15-9-5-4-8(6-14)10(12)11(9)13/h4-5,7H,3H2,1-2H3. The molecule has 2 nitrogen and oxygen atoms in total. The zero-order valence-electron chi connectivity index (χ0n) is 8.55. The third-order valence-corrected chi connectivity index (χ3v) is 2.85. The van der Waals surface area contributed by atoms with Gasteiger partial charge in [-0.05, 0) is 41.4 Å². The van der Waals surface area contributed by atoms with Crippen LogP contribution in [0.2, 0.25) is 0 Å². The number of nitrogens with zero attached hydrogens (tertiary/aromatic N) is 1. The molecule has 0 aromatic heterocycles. The van der Waals surface area contributed by atoms with Crippen LogP contribution in [0.4, 0.5) is 4.39 Å². The average Bonchev–Trinajstić information content (AvgIpc) is 2.25. The van der Waals surface area contributed by atoms with E-state index < -0.39 is 5.82 Å². The van der Waals surface area contributed by atoms with Gasteiger partial charge in [0.15, 0.2) is 11.6 Å². The van der Waals surface area contributed by atoms with Crippen molar-refractivity contribution in [3.05, 3.63) is 28.0 Å². The van der Waals surface area contributed by atoms with E-state index in [1.165, 1.54) is 12.1 Å². The van der Waals surface area contributed by atoms with E-state index in [-0.39, 0.29) is 21.9 Å². The van der Waals surface area contributed by atoms with E-state index in [2.05, 4.69) is 15.9 Å². The van der Waals surface area contributed by atoms with Gasteiger partial charge >= 0.3 is 0 Å². The van der Waals surface area contributed by atoms with Gasteiger partial charge in [-0.2, -0.15) is 5.26 Å². The van der Waals surface area contributed by atoms with E-state index in [4.69, 9.17) is 10.00 Å². The molecule has 1 unspecified atom stereocenters. The molecular weight excluding hydrogens is 261 g/mol. The minimum Gasteiger partial charge on any atom is -0.488 e. The summed E-state index contributed by atoms with van der Waals surface area (Å²) in [5, 5.41) is 8.67. The Balaban J connectivity index is 3.03. The lowest BCUT2D eigenvalue weighted by molar-refractivity contribution is 0.207. The molecule has 0 aliphatic rings. The molecule has 1 aromatic rings. The highest BCUT2D eigenvalue weighted by atomic mass is 79.9. The Kier molecular flexibility index (Phi) is 4.10. The number of ether oxygens (including phenoxy) is 1. The lowest BCUT2D eigenvalue weighted by Crippen LogP contribution is -2.11. The molecule has 0 saturated heterocycles. The van der Waals surface area contributed by atoms with Crippen molar-refractivity contribution >= 4 is 15.9 Å². The predicted octanol–water partition coefficient (Wildman–Crippen LogP) is 3.64. The van der Waals surface area contributed by atoms with Gasteiger partial charge in [-0.15, -0.1) is 0 Å². The third-order valence-electron chi connectivity index (χ3n) is 2.07. The minimum absolute atomic E-state index is 0.0423. The van der Waals surface area contributed by atoms with Crippen LogP contribution in [0.3, 0.4) is 0 Å². The molecule has 80 valence electrons. The monoisotopic (exact) mass is 271 g/mol. The summed E-state index contributed by atoms with van der Waals surface area (Å²) in [5.41, 5.74) is 0.268. The highest BCUT2D eigenvalue weighted by Gasteiger charge is 2.13. The molecule has 1 rings (SSSR count). The van der Waals surface area contributed by atoms with Gasteiger partial charge in [0.1, 0.15) is 6.07 Å². The fraction of sp³-hybridized carbons (Fsp3) is 0.364. The summed E-state index contributed by atoms with van der Waals surface area (Å²) in [6, 6.07) is 4.90. The normalized spacial score (nSPS) is 11.9. The Bertz CT molecular complexity index is 400. The lowest BCUT2D eigenvalue weighted by atomic mass is 10.2. The summed E-state index contributed by atoms with van der Waals surface area (Å²) >= 11 is 3.03. The first kappa shape index (κ1) is 12.0. The van der Waals surface area contributed by atoms with Gasteiger partial charge in [0.25, 0.3) is 0 Å². The minimum atomic E-state index is -0.519. The van der Waals surface area contributed by atoms with Crippen LogP contribution in [-0.4, -0.2) is 6.10 Å². The number of hydrogen-bond acceptors (Lipinski definition) is 2. The van der Waals surface area contributed by atoms with Crippen LogP contribution < -0.4 is 4.74 Å². The van der Waals surface area contributed by atoms with Crippen LogP contribution >= 0.6 is 15.9 Å². The number of rotatable bonds is 3. The van der Waals surface area contributed by atoms with Crippen LogP contribution in [-0.2, 0) is 0 Å². The summed E-state index contributed by atoms with van der Waals surface area (Å²) in [6.07, 6.45) is 0.760. The zero-order chi connectivity index (χ0) is 11.4. The van der Waals surface area contributed by atoms with Crippen LogP contribution in [0.25, 0.3) is 0 Å². The quantitative estimate of drug-likeness (QED) is 0.841. The molecule has 1 aromatic carbocycles. The van der Waals surface area contributed by atoms with Gasteiger partial charge in [-0.3, -0.25) is 0 Å². The number of benzene rings is 1. The first-order valence-corrected chi connectivity index (χ1v) is 5.44. The number of nitriles is 1. The zero-order valence-corrected chi connectivity index (χ0v) is 10.1. The fourth-order valence-electron chi connectivity index (χ4n) is 1.01. The maximum atomic E-state index is 13.6. The average molecular weight is 272 g/mol. The summed E-state index contributed by atoms with van der Waals surface area (Å²) < 4.78 is 19.1. The summed E-state index contributed by atoms with van der Waals surface area (Å²) in [6.45, 7) is 3.83. The smallest absolute Gasteiger partial charge is 0.180 e. The van der Waals surface area contributed by atoms with Crippen LogP contribution in [0.1, 0.15) is 25.8 Å². The van der Waals surface area contributed by atoms with E-state index >= 15 is 0 Å². The Hall–Kier alpha value is -1.08. The molecular formula is C11H11BrFNO. The fourth-order valence-corrected chi connectivity index (χ4v) is 1.43. The second-order valence-corrected chi connectivity index (χ2v) is 3.98. The number of halogens is 2. The molecule has 0 N–H and O–H groups in total. The van der Waals surface area contributed by atoms with Gasteiger partial charge in [0.2, 0.25) is 0 Å². The van der Waals surface area contributed by atoms with Crippen LogP contribution in [0.15, 0.2) is 16.6 Å². The first-order valence-electron chi connectivity index (χ1n) is 4.64. The molecule has 0 heterocycles. The van der Waals surface area contributed by atoms with Crippen molar-refractivity contribution in [1.82, 2.24) is 0 Å². The van der Waals surface area contributed by atoms with Gasteiger partial charge in [-0.25, -0.2) is 4.39 Å². The van der Waals surface area contributed by atoms with Crippen molar-refractivity contribution in [2.45, 2.75) is 26.4 Å². The molecule has 0 radical (unpaired) electrons. The molecule has 4 heteroatoms. The Morgan fingerprint density at radius 2 is 2.27 bits per heavy atom. The van der Waals surface area contributed by atoms with E-state index in [9.17, 15) is 4.39 Å². The second-order valence-electron chi connectivity index (χ2n) is 3.19. The van der Waals surface area contributed by atoms with Crippen LogP contribution in [0.5, 0.6) is 5.75 Å². The van der Waals surface area contributed by atoms with Gasteiger partial charge in [0.05, 0.1) is 16.1 Å². The summed E-state index contributed by atoms with van der Waals surface area (Å²) in [4.78, 5) is 0. The van der Waals surface area contributed by atoms with E-state index in [0.717, 1.165) is 6.42 Å². The maximum Gasteiger partial charge on any atom is 0.180 e. The van der Waals surface area contributed by atoms with E-state index in [1.807, 2.05) is 19.9 Å². The third kappa shape index (κ3) is 2.69. The molecule has 0 saturated carbocycles. The highest BCUT2D eigenvalue weighted by molar-refractivity contribution is 9.10. The van der Waals surface area contributed by atoms with Crippen molar-refractivity contribution in [3.63, 3.8) is 0 Å². The van der Waals surface area contributed by atoms with Gasteiger partial charge in [-0.1, -0.05) is 6.92 Å². The largest absolute Gasteiger partial charge is 0.488 e. The lowest BCUT2D eigenvalue weighted by Gasteiger charge is -2.13. The van der Waals surface area contributed by atoms with Crippen molar-refractivity contribution < 1.29 is 9.13 Å². The molecule has 0 amide bonds. The predicted molar refractivity (Wildman–Crippen MR) is 59.2 cm³/mol. The molecule has 0 aliphatic heterocycles. The number of hydrogen-bond donors (Lipinski definition) is 0. The molecule has 0 spiro atoms. The maximum absolute atomic E-state index is 13.6. The van der Waals surface area contributed by atoms with Crippen molar-refractivity contribution in [3.8, 4) is 11.8 Å². The second kappa shape index (κ2) is 5.13. The van der Waals surface area contributed by atoms with Crippen molar-refractivity contribution in [2.24, 2.45) is 0 Å². The SMILES string of the molecule is CCC(C)Oc1ccc(C#N)c(Br)c1F.